The van der Waals surface area contributed by atoms with Gasteiger partial charge in [0, 0.05) is 22.8 Å². The number of halogens is 1. The van der Waals surface area contributed by atoms with Crippen LogP contribution < -0.4 is 5.49 Å². The minimum atomic E-state index is 0.306. The van der Waals surface area contributed by atoms with Gasteiger partial charge in [-0.2, -0.15) is 5.26 Å². The Labute approximate surface area is 176 Å². The van der Waals surface area contributed by atoms with Crippen LogP contribution in [0.3, 0.4) is 0 Å². The van der Waals surface area contributed by atoms with Crippen LogP contribution in [0.5, 0.6) is 0 Å². The molecule has 1 aromatic heterocycles. The monoisotopic (exact) mass is 401 g/mol. The van der Waals surface area contributed by atoms with Crippen LogP contribution in [0.2, 0.25) is 5.02 Å². The van der Waals surface area contributed by atoms with Crippen LogP contribution in [0.4, 0.5) is 0 Å². The molecule has 3 aromatic rings. The molecule has 0 radical (unpaired) electrons. The second kappa shape index (κ2) is 8.68. The average Bonchev–Trinajstić information content (AvgIpc) is 2.72. The zero-order valence-corrected chi connectivity index (χ0v) is 17.2. The highest BCUT2D eigenvalue weighted by atomic mass is 35.5. The number of hydrogen-bond donors (Lipinski definition) is 1. The number of benzene rings is 2. The summed E-state index contributed by atoms with van der Waals surface area (Å²) in [5, 5.41) is 19.6. The lowest BCUT2D eigenvalue weighted by atomic mass is 9.87. The second-order valence-electron chi connectivity index (χ2n) is 7.63. The molecule has 0 amide bonds. The number of aromatic nitrogens is 1. The Hall–Kier alpha value is -2.83. The normalized spacial score (nSPS) is 13.8. The first-order chi connectivity index (χ1) is 14.2. The molecule has 0 atom stereocenters. The Bertz CT molecular complexity index is 1110. The number of nitriles is 1. The topological polar surface area (TPSA) is 52.6 Å². The zero-order valence-electron chi connectivity index (χ0n) is 16.4. The molecule has 3 nitrogen and oxygen atoms in total. The molecule has 0 aliphatic heterocycles. The number of rotatable bonds is 3. The van der Waals surface area contributed by atoms with Gasteiger partial charge in [-0.1, -0.05) is 66.9 Å². The van der Waals surface area contributed by atoms with E-state index in [9.17, 15) is 5.26 Å². The van der Waals surface area contributed by atoms with Crippen molar-refractivity contribution in [3.63, 3.8) is 0 Å². The lowest BCUT2D eigenvalue weighted by Gasteiger charge is -2.25. The van der Waals surface area contributed by atoms with Crippen molar-refractivity contribution < 1.29 is 0 Å². The van der Waals surface area contributed by atoms with Gasteiger partial charge in [0.05, 0.1) is 0 Å². The van der Waals surface area contributed by atoms with Gasteiger partial charge in [-0.3, -0.25) is 5.41 Å². The smallest absolute Gasteiger partial charge is 0.144 e. The summed E-state index contributed by atoms with van der Waals surface area (Å²) in [6.07, 6.45) is 6.54. The van der Waals surface area contributed by atoms with Crippen LogP contribution >= 0.6 is 11.6 Å². The fourth-order valence-corrected chi connectivity index (χ4v) is 4.46. The number of fused-ring (bicyclic) bond motifs is 1. The second-order valence-corrected chi connectivity index (χ2v) is 8.06. The van der Waals surface area contributed by atoms with E-state index >= 15 is 0 Å². The molecule has 1 heterocycles. The van der Waals surface area contributed by atoms with Crippen LogP contribution in [0, 0.1) is 16.7 Å². The molecule has 0 unspecified atom stereocenters. The van der Waals surface area contributed by atoms with Gasteiger partial charge in [0.1, 0.15) is 17.1 Å². The Morgan fingerprint density at radius 3 is 2.31 bits per heavy atom. The van der Waals surface area contributed by atoms with Gasteiger partial charge in [0.15, 0.2) is 0 Å². The van der Waals surface area contributed by atoms with Gasteiger partial charge >= 0.3 is 0 Å². The maximum atomic E-state index is 10.0. The largest absolute Gasteiger partial charge is 0.325 e. The van der Waals surface area contributed by atoms with E-state index in [1.165, 1.54) is 24.1 Å². The molecule has 0 fully saturated rings. The molecule has 1 N–H and O–H groups in total. The number of hydrogen-bond acceptors (Lipinski definition) is 2. The third-order valence-corrected chi connectivity index (χ3v) is 6.00. The maximum absolute atomic E-state index is 10.0. The summed E-state index contributed by atoms with van der Waals surface area (Å²) in [5.41, 5.74) is 6.26. The van der Waals surface area contributed by atoms with Crippen molar-refractivity contribution in [3.8, 4) is 17.2 Å². The van der Waals surface area contributed by atoms with E-state index in [-0.39, 0.29) is 0 Å². The lowest BCUT2D eigenvalue weighted by Crippen LogP contribution is -2.30. The molecular formula is C25H24ClN3. The minimum absolute atomic E-state index is 0.306. The highest BCUT2D eigenvalue weighted by Gasteiger charge is 2.22. The predicted octanol–water partition coefficient (Wildman–Crippen LogP) is 5.87. The average molecular weight is 402 g/mol. The molecule has 1 aliphatic rings. The summed E-state index contributed by atoms with van der Waals surface area (Å²) in [6.45, 7) is 0.623. The van der Waals surface area contributed by atoms with Gasteiger partial charge in [-0.05, 0) is 54.5 Å². The third-order valence-electron chi connectivity index (χ3n) is 5.75. The number of nitrogens with zero attached hydrogens (tertiary/aromatic N) is 2. The Balaban J connectivity index is 1.98. The van der Waals surface area contributed by atoms with Crippen molar-refractivity contribution in [2.45, 2.75) is 45.1 Å². The van der Waals surface area contributed by atoms with Gasteiger partial charge in [-0.15, -0.1) is 0 Å². The fourth-order valence-electron chi connectivity index (χ4n) is 4.33. The molecule has 0 saturated carbocycles. The maximum Gasteiger partial charge on any atom is 0.144 e. The van der Waals surface area contributed by atoms with Crippen LogP contribution in [-0.2, 0) is 19.4 Å². The van der Waals surface area contributed by atoms with E-state index in [4.69, 9.17) is 17.0 Å². The van der Waals surface area contributed by atoms with Gasteiger partial charge in [0.25, 0.3) is 0 Å². The zero-order chi connectivity index (χ0) is 20.2. The number of pyridine rings is 1. The van der Waals surface area contributed by atoms with E-state index in [1.54, 1.807) is 0 Å². The standard InChI is InChI=1S/C25H24ClN3/c26-20-14-12-19(13-15-20)24-21-10-6-1-2-7-11-23(21)29(25(28)22(24)16-27)17-18-8-4-3-5-9-18/h3-5,8-9,12-15,28H,1-2,6-7,10-11,17H2. The molecule has 0 saturated heterocycles. The van der Waals surface area contributed by atoms with E-state index in [1.807, 2.05) is 42.5 Å². The van der Waals surface area contributed by atoms with Crippen molar-refractivity contribution in [1.29, 1.82) is 10.7 Å². The molecule has 1 aliphatic carbocycles. The first-order valence-electron chi connectivity index (χ1n) is 10.2. The molecule has 29 heavy (non-hydrogen) atoms. The summed E-state index contributed by atoms with van der Waals surface area (Å²) < 4.78 is 2.06. The van der Waals surface area contributed by atoms with Gasteiger partial charge < -0.3 is 4.57 Å². The van der Waals surface area contributed by atoms with Gasteiger partial charge in [-0.25, -0.2) is 0 Å². The fraction of sp³-hybridized carbons (Fsp3) is 0.280. The summed E-state index contributed by atoms with van der Waals surface area (Å²) >= 11 is 6.10. The van der Waals surface area contributed by atoms with E-state index in [0.717, 1.165) is 42.4 Å². The van der Waals surface area contributed by atoms with Crippen LogP contribution in [0.15, 0.2) is 54.6 Å². The molecule has 146 valence electrons. The molecular weight excluding hydrogens is 378 g/mol. The SMILES string of the molecule is N#Cc1c(-c2ccc(Cl)cc2)c2c(n(Cc3ccccc3)c1=N)CCCCCC2. The summed E-state index contributed by atoms with van der Waals surface area (Å²) in [6, 6.07) is 20.2. The Morgan fingerprint density at radius 1 is 0.931 bits per heavy atom. The Morgan fingerprint density at radius 2 is 1.62 bits per heavy atom. The van der Waals surface area contributed by atoms with E-state index < -0.39 is 0 Å². The van der Waals surface area contributed by atoms with E-state index in [0.29, 0.717) is 22.6 Å². The molecule has 4 rings (SSSR count). The molecule has 0 spiro atoms. The van der Waals surface area contributed by atoms with Crippen LogP contribution in [0.25, 0.3) is 11.1 Å². The van der Waals surface area contributed by atoms with Crippen molar-refractivity contribution in [1.82, 2.24) is 4.57 Å². The summed E-state index contributed by atoms with van der Waals surface area (Å²) in [4.78, 5) is 0. The van der Waals surface area contributed by atoms with Crippen LogP contribution in [0.1, 0.15) is 48.1 Å². The third kappa shape index (κ3) is 3.99. The highest BCUT2D eigenvalue weighted by Crippen LogP contribution is 2.33. The minimum Gasteiger partial charge on any atom is -0.325 e. The number of nitrogens with one attached hydrogen (secondary N) is 1. The molecule has 4 heteroatoms. The van der Waals surface area contributed by atoms with E-state index in [2.05, 4.69) is 22.8 Å². The predicted molar refractivity (Wildman–Crippen MR) is 117 cm³/mol. The van der Waals surface area contributed by atoms with Gasteiger partial charge in [0.2, 0.25) is 0 Å². The molecule has 0 bridgehead atoms. The summed E-state index contributed by atoms with van der Waals surface area (Å²) in [7, 11) is 0. The highest BCUT2D eigenvalue weighted by molar-refractivity contribution is 6.30. The van der Waals surface area contributed by atoms with Crippen molar-refractivity contribution in [2.24, 2.45) is 0 Å². The first kappa shape index (κ1) is 19.5. The van der Waals surface area contributed by atoms with Crippen molar-refractivity contribution in [2.75, 3.05) is 0 Å². The van der Waals surface area contributed by atoms with Crippen LogP contribution in [-0.4, -0.2) is 4.57 Å². The quantitative estimate of drug-likeness (QED) is 0.586. The Kier molecular flexibility index (Phi) is 5.83. The van der Waals surface area contributed by atoms with Crippen molar-refractivity contribution in [3.05, 3.63) is 87.5 Å². The summed E-state index contributed by atoms with van der Waals surface area (Å²) in [5.74, 6) is 0. The molecule has 2 aromatic carbocycles. The lowest BCUT2D eigenvalue weighted by molar-refractivity contribution is 0.572. The van der Waals surface area contributed by atoms with Crippen molar-refractivity contribution >= 4 is 11.6 Å². The first-order valence-corrected chi connectivity index (χ1v) is 10.6.